The number of halogens is 1. The van der Waals surface area contributed by atoms with Crippen molar-refractivity contribution < 1.29 is 19.1 Å². The predicted octanol–water partition coefficient (Wildman–Crippen LogP) is 5.21. The van der Waals surface area contributed by atoms with Crippen LogP contribution < -0.4 is 32.3 Å². The van der Waals surface area contributed by atoms with Gasteiger partial charge in [-0.3, -0.25) is 9.59 Å². The fraction of sp³-hybridized carbons (Fsp3) is 0.206. The molecule has 13 heteroatoms. The highest BCUT2D eigenvalue weighted by atomic mass is 19.1. The van der Waals surface area contributed by atoms with E-state index in [4.69, 9.17) is 5.73 Å². The first-order valence-electron chi connectivity index (χ1n) is 15.1. The van der Waals surface area contributed by atoms with Gasteiger partial charge >= 0.3 is 0 Å². The molecule has 0 spiro atoms. The second-order valence-corrected chi connectivity index (χ2v) is 10.9. The normalized spacial score (nSPS) is 11.7. The quantitative estimate of drug-likeness (QED) is 0.0527. The topological polar surface area (TPSA) is 186 Å². The maximum absolute atomic E-state index is 13.7. The molecule has 8 N–H and O–H groups in total. The third-order valence-corrected chi connectivity index (χ3v) is 7.54. The van der Waals surface area contributed by atoms with Gasteiger partial charge in [0, 0.05) is 35.6 Å². The van der Waals surface area contributed by atoms with Crippen molar-refractivity contribution in [1.82, 2.24) is 20.3 Å². The van der Waals surface area contributed by atoms with Crippen molar-refractivity contribution in [3.63, 3.8) is 0 Å². The van der Waals surface area contributed by atoms with E-state index in [1.54, 1.807) is 43.3 Å². The fourth-order valence-corrected chi connectivity index (χ4v) is 5.05. The number of unbranched alkanes of at least 4 members (excludes halogenated alkanes) is 3. The van der Waals surface area contributed by atoms with Crippen LogP contribution in [0.2, 0.25) is 0 Å². The first-order chi connectivity index (χ1) is 22.7. The van der Waals surface area contributed by atoms with E-state index in [0.29, 0.717) is 62.0 Å². The molecule has 2 aromatic carbocycles. The summed E-state index contributed by atoms with van der Waals surface area (Å²) in [6, 6.07) is 14.6. The minimum Gasteiger partial charge on any atom is -0.493 e. The molecule has 0 atom stereocenters. The van der Waals surface area contributed by atoms with Crippen molar-refractivity contribution in [2.45, 2.75) is 32.6 Å². The number of aromatic hydroxyl groups is 1. The Balaban J connectivity index is 1.02. The van der Waals surface area contributed by atoms with Crippen molar-refractivity contribution in [3.8, 4) is 5.88 Å². The summed E-state index contributed by atoms with van der Waals surface area (Å²) in [7, 11) is 0. The highest BCUT2D eigenvalue weighted by Crippen LogP contribution is 2.35. The van der Waals surface area contributed by atoms with Crippen molar-refractivity contribution in [2.24, 2.45) is 10.2 Å². The lowest BCUT2D eigenvalue weighted by atomic mass is 10.1. The minimum absolute atomic E-state index is 0.112. The van der Waals surface area contributed by atoms with Gasteiger partial charge in [0.15, 0.2) is 5.69 Å². The Hall–Kier alpha value is -5.98. The van der Waals surface area contributed by atoms with E-state index in [1.807, 2.05) is 0 Å². The minimum atomic E-state index is -0.458. The van der Waals surface area contributed by atoms with Crippen LogP contribution >= 0.6 is 0 Å². The van der Waals surface area contributed by atoms with Crippen LogP contribution in [0.4, 0.5) is 27.3 Å². The Labute approximate surface area is 269 Å². The summed E-state index contributed by atoms with van der Waals surface area (Å²) in [6.07, 6.45) is 6.57. The van der Waals surface area contributed by atoms with Crippen LogP contribution in [0.1, 0.15) is 52.1 Å². The molecule has 2 amide bonds. The van der Waals surface area contributed by atoms with Gasteiger partial charge in [0.25, 0.3) is 11.8 Å². The van der Waals surface area contributed by atoms with Gasteiger partial charge < -0.3 is 36.8 Å². The van der Waals surface area contributed by atoms with Crippen LogP contribution in [0, 0.1) is 12.7 Å². The third kappa shape index (κ3) is 8.00. The number of hydrogen-bond donors (Lipinski definition) is 7. The standard InChI is InChI=1S/C34H36FN9O3/c1-20-28(19-40-44-31-24-17-23(35)12-13-26(24)42-34(31)47)41-21(2)30(20)33(46)38-16-8-4-3-7-15-37-29-14-11-22(18-39-29)32(45)43-27-10-6-5-9-25(27)36/h5-6,9-14,17-19,41-42,47H,1,3-4,7-8,15-16,36H2,2H3,(H,37,39)(H,38,46)(H,43,45). The number of aromatic amines is 2. The van der Waals surface area contributed by atoms with Gasteiger partial charge in [-0.15, -0.1) is 5.11 Å². The van der Waals surface area contributed by atoms with Crippen LogP contribution in [0.15, 0.2) is 71.0 Å². The molecule has 0 aliphatic heterocycles. The highest BCUT2D eigenvalue weighted by Gasteiger charge is 2.14. The fourth-order valence-electron chi connectivity index (χ4n) is 5.05. The van der Waals surface area contributed by atoms with Gasteiger partial charge in [0.05, 0.1) is 39.6 Å². The average molecular weight is 638 g/mol. The molecule has 5 aromatic rings. The highest BCUT2D eigenvalue weighted by molar-refractivity contribution is 6.05. The van der Waals surface area contributed by atoms with E-state index in [9.17, 15) is 19.1 Å². The third-order valence-electron chi connectivity index (χ3n) is 7.54. The Kier molecular flexibility index (Phi) is 10.3. The Morgan fingerprint density at radius 2 is 1.83 bits per heavy atom. The number of amides is 2. The summed E-state index contributed by atoms with van der Waals surface area (Å²) in [6.45, 7) is 7.05. The largest absolute Gasteiger partial charge is 0.493 e. The van der Waals surface area contributed by atoms with Crippen molar-refractivity contribution in [1.29, 1.82) is 0 Å². The number of azo groups is 1. The number of hydrogen-bond acceptors (Lipinski definition) is 8. The lowest BCUT2D eigenvalue weighted by molar-refractivity contribution is 0.0950. The van der Waals surface area contributed by atoms with Crippen molar-refractivity contribution in [2.75, 3.05) is 29.5 Å². The number of nitrogen functional groups attached to an aromatic ring is 1. The van der Waals surface area contributed by atoms with Crippen LogP contribution in [0.3, 0.4) is 0 Å². The zero-order valence-electron chi connectivity index (χ0n) is 25.9. The number of fused-ring (bicyclic) bond motifs is 1. The van der Waals surface area contributed by atoms with Gasteiger partial charge in [-0.1, -0.05) is 31.6 Å². The van der Waals surface area contributed by atoms with E-state index in [1.165, 1.54) is 30.6 Å². The van der Waals surface area contributed by atoms with E-state index in [0.717, 1.165) is 32.2 Å². The summed E-state index contributed by atoms with van der Waals surface area (Å²) >= 11 is 0. The molecule has 0 unspecified atom stereocenters. The number of aromatic nitrogens is 3. The SMILES string of the molecule is C=c1c(C(=O)NCCCCCCNc2ccc(C(=O)Nc3ccccc3N)cn2)c(C)[nH]c1=CN=Nc1c(O)[nH]c2ccc(F)cc12. The average Bonchev–Trinajstić information content (AvgIpc) is 3.52. The van der Waals surface area contributed by atoms with Gasteiger partial charge in [-0.2, -0.15) is 5.11 Å². The smallest absolute Gasteiger partial charge is 0.257 e. The summed E-state index contributed by atoms with van der Waals surface area (Å²) < 4.78 is 13.7. The predicted molar refractivity (Wildman–Crippen MR) is 182 cm³/mol. The number of carbonyl (C=O) groups excluding carboxylic acids is 2. The Morgan fingerprint density at radius 3 is 2.60 bits per heavy atom. The maximum Gasteiger partial charge on any atom is 0.257 e. The molecule has 0 radical (unpaired) electrons. The molecule has 47 heavy (non-hydrogen) atoms. The van der Waals surface area contributed by atoms with Gasteiger partial charge in [-0.25, -0.2) is 9.37 Å². The lowest BCUT2D eigenvalue weighted by Crippen LogP contribution is -2.32. The molecular formula is C34H36FN9O3. The van der Waals surface area contributed by atoms with Gasteiger partial charge in [0.2, 0.25) is 5.88 Å². The first kappa shape index (κ1) is 32.4. The van der Waals surface area contributed by atoms with Gasteiger partial charge in [-0.05, 0) is 62.2 Å². The lowest BCUT2D eigenvalue weighted by Gasteiger charge is -2.09. The van der Waals surface area contributed by atoms with Crippen LogP contribution in [-0.4, -0.2) is 45.0 Å². The van der Waals surface area contributed by atoms with E-state index < -0.39 is 5.82 Å². The number of H-pyrrole nitrogens is 2. The molecule has 0 aliphatic carbocycles. The van der Waals surface area contributed by atoms with Gasteiger partial charge in [0.1, 0.15) is 11.6 Å². The molecule has 3 aromatic heterocycles. The van der Waals surface area contributed by atoms with E-state index >= 15 is 0 Å². The molecule has 5 rings (SSSR count). The number of nitrogens with zero attached hydrogens (tertiary/aromatic N) is 3. The van der Waals surface area contributed by atoms with Crippen molar-refractivity contribution in [3.05, 3.63) is 94.0 Å². The molecule has 0 saturated heterocycles. The number of rotatable bonds is 13. The summed E-state index contributed by atoms with van der Waals surface area (Å²) in [5.41, 5.74) is 9.09. The number of benzene rings is 2. The number of nitrogens with two attached hydrogens (primary N) is 1. The number of nitrogens with one attached hydrogen (secondary N) is 5. The van der Waals surface area contributed by atoms with Crippen LogP contribution in [0.5, 0.6) is 5.88 Å². The maximum atomic E-state index is 13.7. The van der Waals surface area contributed by atoms with Crippen LogP contribution in [0.25, 0.3) is 23.7 Å². The summed E-state index contributed by atoms with van der Waals surface area (Å²) in [5.74, 6) is -0.514. The second kappa shape index (κ2) is 14.9. The molecule has 0 fully saturated rings. The first-order valence-corrected chi connectivity index (χ1v) is 15.1. The molecule has 12 nitrogen and oxygen atoms in total. The molecule has 0 aliphatic rings. The van der Waals surface area contributed by atoms with Crippen molar-refractivity contribution >= 4 is 58.4 Å². The Morgan fingerprint density at radius 1 is 1.04 bits per heavy atom. The molecule has 0 saturated carbocycles. The second-order valence-electron chi connectivity index (χ2n) is 10.9. The number of pyridine rings is 1. The number of anilines is 3. The molecule has 242 valence electrons. The molecule has 3 heterocycles. The van der Waals surface area contributed by atoms with Crippen LogP contribution in [-0.2, 0) is 0 Å². The monoisotopic (exact) mass is 637 g/mol. The molecular weight excluding hydrogens is 601 g/mol. The zero-order chi connectivity index (χ0) is 33.3. The number of carbonyl (C=O) groups is 2. The zero-order valence-corrected chi connectivity index (χ0v) is 25.9. The van der Waals surface area contributed by atoms with E-state index in [2.05, 4.69) is 47.7 Å². The summed E-state index contributed by atoms with van der Waals surface area (Å²) in [4.78, 5) is 35.5. The number of aryl methyl sites for hydroxylation is 1. The Bertz CT molecular complexity index is 2030. The van der Waals surface area contributed by atoms with E-state index in [-0.39, 0.29) is 23.4 Å². The molecule has 0 bridgehead atoms. The number of para-hydroxylation sites is 2. The summed E-state index contributed by atoms with van der Waals surface area (Å²) in [5, 5.41) is 28.6.